The highest BCUT2D eigenvalue weighted by Crippen LogP contribution is 2.49. The van der Waals surface area contributed by atoms with Gasteiger partial charge in [-0.3, -0.25) is 9.88 Å². The second kappa shape index (κ2) is 7.51. The van der Waals surface area contributed by atoms with Crippen molar-refractivity contribution < 1.29 is 9.53 Å². The summed E-state index contributed by atoms with van der Waals surface area (Å²) >= 11 is 0. The molecule has 1 aromatic rings. The molecule has 0 radical (unpaired) electrons. The highest BCUT2D eigenvalue weighted by molar-refractivity contribution is 5.67. The molecular weight excluding hydrogens is 302 g/mol. The van der Waals surface area contributed by atoms with Crippen LogP contribution in [0.1, 0.15) is 45.2 Å². The molecule has 1 N–H and O–H groups in total. The van der Waals surface area contributed by atoms with E-state index < -0.39 is 0 Å². The van der Waals surface area contributed by atoms with E-state index in [1.807, 2.05) is 32.2 Å². The minimum absolute atomic E-state index is 0.254. The zero-order valence-electron chi connectivity index (χ0n) is 14.8. The molecule has 5 heteroatoms. The lowest BCUT2D eigenvalue weighted by Crippen LogP contribution is -2.54. The number of carbonyl (C=O) groups is 1. The quantitative estimate of drug-likeness (QED) is 0.900. The van der Waals surface area contributed by atoms with Crippen LogP contribution in [0.5, 0.6) is 0 Å². The summed E-state index contributed by atoms with van der Waals surface area (Å²) in [4.78, 5) is 18.6. The molecule has 3 rings (SSSR count). The van der Waals surface area contributed by atoms with Crippen LogP contribution in [0, 0.1) is 11.3 Å². The third-order valence-electron chi connectivity index (χ3n) is 5.26. The van der Waals surface area contributed by atoms with Crippen LogP contribution >= 0.6 is 0 Å². The number of piperidine rings is 1. The van der Waals surface area contributed by atoms with Crippen molar-refractivity contribution in [1.82, 2.24) is 15.2 Å². The molecule has 24 heavy (non-hydrogen) atoms. The molecule has 0 bridgehead atoms. The number of hydrogen-bond acceptors (Lipinski definition) is 4. The van der Waals surface area contributed by atoms with Crippen LogP contribution in [-0.4, -0.2) is 41.7 Å². The molecule has 132 valence electrons. The fraction of sp³-hybridized carbons (Fsp3) is 0.684. The average Bonchev–Trinajstić information content (AvgIpc) is 2.54. The maximum absolute atomic E-state index is 11.7. The summed E-state index contributed by atoms with van der Waals surface area (Å²) in [6, 6.07) is 6.40. The Morgan fingerprint density at radius 1 is 1.38 bits per heavy atom. The monoisotopic (exact) mass is 331 g/mol. The van der Waals surface area contributed by atoms with Crippen molar-refractivity contribution in [2.75, 3.05) is 19.7 Å². The number of pyridine rings is 1. The van der Waals surface area contributed by atoms with Crippen LogP contribution in [0.15, 0.2) is 24.4 Å². The molecule has 1 aliphatic heterocycles. The zero-order valence-corrected chi connectivity index (χ0v) is 14.8. The van der Waals surface area contributed by atoms with Gasteiger partial charge in [-0.05, 0) is 62.2 Å². The maximum atomic E-state index is 11.7. The number of nitrogens with zero attached hydrogens (tertiary/aromatic N) is 2. The minimum atomic E-state index is -0.254. The summed E-state index contributed by atoms with van der Waals surface area (Å²) in [7, 11) is 0. The SMILES string of the molecule is CC(C)COC(=O)NC1CC2(CCN(Cc3ccccn3)CC2)C1. The Morgan fingerprint density at radius 3 is 2.75 bits per heavy atom. The van der Waals surface area contributed by atoms with Gasteiger partial charge in [-0.1, -0.05) is 19.9 Å². The highest BCUT2D eigenvalue weighted by atomic mass is 16.5. The van der Waals surface area contributed by atoms with Crippen LogP contribution < -0.4 is 5.32 Å². The van der Waals surface area contributed by atoms with Gasteiger partial charge in [0.25, 0.3) is 0 Å². The number of alkyl carbamates (subject to hydrolysis) is 1. The van der Waals surface area contributed by atoms with E-state index in [0.717, 1.165) is 38.2 Å². The predicted octanol–water partition coefficient (Wildman–Crippen LogP) is 3.21. The highest BCUT2D eigenvalue weighted by Gasteiger charge is 2.46. The van der Waals surface area contributed by atoms with Gasteiger partial charge in [-0.15, -0.1) is 0 Å². The Balaban J connectivity index is 1.36. The number of rotatable bonds is 5. The standard InChI is InChI=1S/C19H29N3O2/c1-15(2)14-24-18(23)21-17-11-19(12-17)6-9-22(10-7-19)13-16-5-3-4-8-20-16/h3-5,8,15,17H,6-7,9-14H2,1-2H3,(H,21,23). The Hall–Kier alpha value is -1.62. The normalized spacial score (nSPS) is 20.8. The first-order chi connectivity index (χ1) is 11.5. The van der Waals surface area contributed by atoms with Gasteiger partial charge in [-0.2, -0.15) is 0 Å². The first kappa shape index (κ1) is 17.2. The summed E-state index contributed by atoms with van der Waals surface area (Å²) in [5, 5.41) is 3.01. The van der Waals surface area contributed by atoms with Gasteiger partial charge in [0.2, 0.25) is 0 Å². The van der Waals surface area contributed by atoms with E-state index in [9.17, 15) is 4.79 Å². The van der Waals surface area contributed by atoms with Gasteiger partial charge in [0.05, 0.1) is 12.3 Å². The van der Waals surface area contributed by atoms with E-state index in [4.69, 9.17) is 4.74 Å². The number of likely N-dealkylation sites (tertiary alicyclic amines) is 1. The van der Waals surface area contributed by atoms with Crippen LogP contribution in [0.2, 0.25) is 0 Å². The predicted molar refractivity (Wildman–Crippen MR) is 93.5 cm³/mol. The van der Waals surface area contributed by atoms with E-state index in [1.165, 1.54) is 12.8 Å². The fourth-order valence-corrected chi connectivity index (χ4v) is 3.85. The summed E-state index contributed by atoms with van der Waals surface area (Å²) in [5.41, 5.74) is 1.59. The Bertz CT molecular complexity index is 531. The number of carbonyl (C=O) groups excluding carboxylic acids is 1. The molecule has 5 nitrogen and oxygen atoms in total. The Kier molecular flexibility index (Phi) is 5.39. The van der Waals surface area contributed by atoms with Crippen LogP contribution in [-0.2, 0) is 11.3 Å². The lowest BCUT2D eigenvalue weighted by atomic mass is 9.60. The number of ether oxygens (including phenoxy) is 1. The zero-order chi connectivity index (χ0) is 17.0. The largest absolute Gasteiger partial charge is 0.449 e. The smallest absolute Gasteiger partial charge is 0.407 e. The third kappa shape index (κ3) is 4.47. The number of amides is 1. The summed E-state index contributed by atoms with van der Waals surface area (Å²) < 4.78 is 5.20. The van der Waals surface area contributed by atoms with Gasteiger partial charge in [0.1, 0.15) is 0 Å². The summed E-state index contributed by atoms with van der Waals surface area (Å²) in [6.07, 6.45) is 6.25. The first-order valence-electron chi connectivity index (χ1n) is 9.10. The molecule has 1 amide bonds. The topological polar surface area (TPSA) is 54.5 Å². The van der Waals surface area contributed by atoms with Crippen molar-refractivity contribution in [1.29, 1.82) is 0 Å². The molecule has 1 saturated carbocycles. The average molecular weight is 331 g/mol. The lowest BCUT2D eigenvalue weighted by Gasteiger charge is -2.52. The van der Waals surface area contributed by atoms with Gasteiger partial charge in [0, 0.05) is 18.8 Å². The van der Waals surface area contributed by atoms with E-state index in [1.54, 1.807) is 0 Å². The van der Waals surface area contributed by atoms with Crippen LogP contribution in [0.3, 0.4) is 0 Å². The Morgan fingerprint density at radius 2 is 2.12 bits per heavy atom. The molecule has 1 aliphatic carbocycles. The van der Waals surface area contributed by atoms with Crippen molar-refractivity contribution in [2.45, 2.75) is 52.1 Å². The molecule has 1 aromatic heterocycles. The number of nitrogens with one attached hydrogen (secondary N) is 1. The van der Waals surface area contributed by atoms with E-state index in [2.05, 4.69) is 21.3 Å². The summed E-state index contributed by atoms with van der Waals surface area (Å²) in [6.45, 7) is 7.78. The van der Waals surface area contributed by atoms with Crippen LogP contribution in [0.4, 0.5) is 4.79 Å². The first-order valence-corrected chi connectivity index (χ1v) is 9.10. The molecule has 0 atom stereocenters. The number of hydrogen-bond donors (Lipinski definition) is 1. The minimum Gasteiger partial charge on any atom is -0.449 e. The lowest BCUT2D eigenvalue weighted by molar-refractivity contribution is 0.00259. The van der Waals surface area contributed by atoms with E-state index in [0.29, 0.717) is 24.0 Å². The van der Waals surface area contributed by atoms with Crippen molar-refractivity contribution in [3.05, 3.63) is 30.1 Å². The molecule has 2 heterocycles. The third-order valence-corrected chi connectivity index (χ3v) is 5.26. The Labute approximate surface area is 144 Å². The van der Waals surface area contributed by atoms with Crippen molar-refractivity contribution in [3.8, 4) is 0 Å². The van der Waals surface area contributed by atoms with Crippen molar-refractivity contribution in [2.24, 2.45) is 11.3 Å². The molecule has 1 saturated heterocycles. The fourth-order valence-electron chi connectivity index (χ4n) is 3.85. The summed E-state index contributed by atoms with van der Waals surface area (Å²) in [5.74, 6) is 0.381. The second-order valence-corrected chi connectivity index (χ2v) is 7.84. The molecule has 0 unspecified atom stereocenters. The number of aromatic nitrogens is 1. The van der Waals surface area contributed by atoms with E-state index in [-0.39, 0.29) is 6.09 Å². The maximum Gasteiger partial charge on any atom is 0.407 e. The molecular formula is C19H29N3O2. The second-order valence-electron chi connectivity index (χ2n) is 7.84. The van der Waals surface area contributed by atoms with Crippen molar-refractivity contribution >= 4 is 6.09 Å². The van der Waals surface area contributed by atoms with Gasteiger partial charge < -0.3 is 10.1 Å². The van der Waals surface area contributed by atoms with E-state index >= 15 is 0 Å². The molecule has 1 spiro atoms. The molecule has 2 aliphatic rings. The molecule has 2 fully saturated rings. The molecule has 0 aromatic carbocycles. The van der Waals surface area contributed by atoms with Gasteiger partial charge >= 0.3 is 6.09 Å². The van der Waals surface area contributed by atoms with Crippen LogP contribution in [0.25, 0.3) is 0 Å². The van der Waals surface area contributed by atoms with Crippen molar-refractivity contribution in [3.63, 3.8) is 0 Å². The van der Waals surface area contributed by atoms with Gasteiger partial charge in [-0.25, -0.2) is 4.79 Å². The van der Waals surface area contributed by atoms with Gasteiger partial charge in [0.15, 0.2) is 0 Å².